The third kappa shape index (κ3) is 4.77. The van der Waals surface area contributed by atoms with Crippen molar-refractivity contribution in [3.63, 3.8) is 0 Å². The van der Waals surface area contributed by atoms with Crippen LogP contribution >= 0.6 is 11.8 Å². The third-order valence-corrected chi connectivity index (χ3v) is 5.66. The minimum Gasteiger partial charge on any atom is -0.325 e. The lowest BCUT2D eigenvalue weighted by Gasteiger charge is -2.13. The third-order valence-electron chi connectivity index (χ3n) is 4.69. The first-order valence-electron chi connectivity index (χ1n) is 9.51. The fourth-order valence-electron chi connectivity index (χ4n) is 3.39. The van der Waals surface area contributed by atoms with Crippen LogP contribution in [0.5, 0.6) is 0 Å². The second-order valence-corrected chi connectivity index (χ2v) is 8.07. The van der Waals surface area contributed by atoms with Crippen LogP contribution in [0.3, 0.4) is 0 Å². The molecule has 0 unspecified atom stereocenters. The Hall–Kier alpha value is -2.86. The van der Waals surface area contributed by atoms with Crippen molar-refractivity contribution in [2.45, 2.75) is 39.4 Å². The Labute approximate surface area is 176 Å². The molecule has 29 heavy (non-hydrogen) atoms. The van der Waals surface area contributed by atoms with Crippen LogP contribution in [-0.2, 0) is 11.3 Å². The molecule has 1 aromatic heterocycles. The van der Waals surface area contributed by atoms with Gasteiger partial charge in [0, 0.05) is 17.8 Å². The minimum absolute atomic E-state index is 0.0596. The van der Waals surface area contributed by atoms with Crippen molar-refractivity contribution in [2.75, 3.05) is 11.1 Å². The molecule has 0 bridgehead atoms. The number of rotatable bonds is 7. The minimum atomic E-state index is -0.0596. The highest BCUT2D eigenvalue weighted by Crippen LogP contribution is 2.27. The quantitative estimate of drug-likeness (QED) is 0.438. The van der Waals surface area contributed by atoms with E-state index in [0.29, 0.717) is 11.7 Å². The Kier molecular flexibility index (Phi) is 6.54. The maximum atomic E-state index is 12.6. The first kappa shape index (κ1) is 20.9. The molecule has 3 rings (SSSR count). The number of anilines is 1. The maximum Gasteiger partial charge on any atom is 0.234 e. The molecule has 6 heteroatoms. The van der Waals surface area contributed by atoms with Crippen molar-refractivity contribution >= 4 is 23.4 Å². The summed E-state index contributed by atoms with van der Waals surface area (Å²) in [5, 5.41) is 12.4. The fourth-order valence-corrected chi connectivity index (χ4v) is 4.14. The summed E-state index contributed by atoms with van der Waals surface area (Å²) in [6.45, 7) is 12.6. The van der Waals surface area contributed by atoms with Crippen LogP contribution in [0.4, 0.5) is 5.69 Å². The first-order chi connectivity index (χ1) is 13.9. The van der Waals surface area contributed by atoms with Gasteiger partial charge in [-0.3, -0.25) is 9.36 Å². The normalized spacial score (nSPS) is 10.8. The van der Waals surface area contributed by atoms with Crippen LogP contribution in [0, 0.1) is 27.7 Å². The number of carbonyl (C=O) groups is 1. The smallest absolute Gasteiger partial charge is 0.234 e. The van der Waals surface area contributed by atoms with Crippen LogP contribution in [0.1, 0.15) is 22.3 Å². The summed E-state index contributed by atoms with van der Waals surface area (Å²) in [7, 11) is 0. The van der Waals surface area contributed by atoms with E-state index < -0.39 is 0 Å². The van der Waals surface area contributed by atoms with Crippen molar-refractivity contribution < 1.29 is 4.79 Å². The number of amides is 1. The molecule has 0 radical (unpaired) electrons. The van der Waals surface area contributed by atoms with Crippen molar-refractivity contribution in [1.82, 2.24) is 14.8 Å². The van der Waals surface area contributed by atoms with E-state index in [0.717, 1.165) is 33.8 Å². The van der Waals surface area contributed by atoms with Gasteiger partial charge in [-0.25, -0.2) is 0 Å². The van der Waals surface area contributed by atoms with Crippen molar-refractivity contribution in [3.05, 3.63) is 71.3 Å². The fraction of sp³-hybridized carbons (Fsp3) is 0.261. The molecule has 0 fully saturated rings. The van der Waals surface area contributed by atoms with E-state index in [4.69, 9.17) is 0 Å². The number of thioether (sulfide) groups is 1. The summed E-state index contributed by atoms with van der Waals surface area (Å²) in [4.78, 5) is 12.6. The molecule has 1 N–H and O–H groups in total. The summed E-state index contributed by atoms with van der Waals surface area (Å²) in [5.74, 6) is 0.988. The Bertz CT molecular complexity index is 1030. The molecule has 0 aliphatic heterocycles. The number of hydrogen-bond donors (Lipinski definition) is 1. The lowest BCUT2D eigenvalue weighted by atomic mass is 10.1. The van der Waals surface area contributed by atoms with Crippen LogP contribution in [-0.4, -0.2) is 26.4 Å². The van der Waals surface area contributed by atoms with Gasteiger partial charge in [0.15, 0.2) is 11.0 Å². The average molecular weight is 407 g/mol. The highest BCUT2D eigenvalue weighted by Gasteiger charge is 2.16. The van der Waals surface area contributed by atoms with Gasteiger partial charge in [0.05, 0.1) is 5.75 Å². The number of aryl methyl sites for hydroxylation is 4. The molecule has 1 amide bonds. The largest absolute Gasteiger partial charge is 0.325 e. The monoisotopic (exact) mass is 406 g/mol. The summed E-state index contributed by atoms with van der Waals surface area (Å²) in [6, 6.07) is 12.2. The summed E-state index contributed by atoms with van der Waals surface area (Å²) >= 11 is 1.38. The Morgan fingerprint density at radius 2 is 1.79 bits per heavy atom. The number of nitrogens with one attached hydrogen (secondary N) is 1. The number of nitrogens with zero attached hydrogens (tertiary/aromatic N) is 3. The Morgan fingerprint density at radius 3 is 2.45 bits per heavy atom. The molecule has 0 aliphatic carbocycles. The number of hydrogen-bond acceptors (Lipinski definition) is 4. The van der Waals surface area contributed by atoms with E-state index >= 15 is 0 Å². The van der Waals surface area contributed by atoms with Crippen LogP contribution < -0.4 is 5.32 Å². The van der Waals surface area contributed by atoms with Crippen molar-refractivity contribution in [3.8, 4) is 11.4 Å². The second-order valence-electron chi connectivity index (χ2n) is 7.13. The molecular weight excluding hydrogens is 380 g/mol. The molecule has 3 aromatic rings. The number of aromatic nitrogens is 3. The molecule has 150 valence electrons. The molecule has 2 aromatic carbocycles. The number of benzene rings is 2. The van der Waals surface area contributed by atoms with Gasteiger partial charge >= 0.3 is 0 Å². The average Bonchev–Trinajstić information content (AvgIpc) is 3.06. The predicted octanol–water partition coefficient (Wildman–Crippen LogP) is 5.10. The van der Waals surface area contributed by atoms with Gasteiger partial charge in [-0.2, -0.15) is 0 Å². The zero-order valence-electron chi connectivity index (χ0n) is 17.3. The van der Waals surface area contributed by atoms with E-state index in [1.165, 1.54) is 17.3 Å². The topological polar surface area (TPSA) is 59.8 Å². The van der Waals surface area contributed by atoms with Crippen LogP contribution in [0.2, 0.25) is 0 Å². The van der Waals surface area contributed by atoms with E-state index in [-0.39, 0.29) is 11.7 Å². The standard InChI is InChI=1S/C23H26N4OS/c1-6-11-27-22(19-10-8-7-9-16(19)3)25-26-23(27)29-14-20(28)24-21-17(4)12-15(2)13-18(21)5/h6-10,12-13H,1,11,14H2,2-5H3,(H,24,28). The number of carbonyl (C=O) groups excluding carboxylic acids is 1. The van der Waals surface area contributed by atoms with Gasteiger partial charge < -0.3 is 5.32 Å². The summed E-state index contributed by atoms with van der Waals surface area (Å²) < 4.78 is 2.00. The molecule has 0 aliphatic rings. The molecule has 1 heterocycles. The van der Waals surface area contributed by atoms with E-state index in [9.17, 15) is 4.79 Å². The maximum absolute atomic E-state index is 12.6. The highest BCUT2D eigenvalue weighted by molar-refractivity contribution is 7.99. The summed E-state index contributed by atoms with van der Waals surface area (Å²) in [5.41, 5.74) is 6.37. The van der Waals surface area contributed by atoms with Crippen molar-refractivity contribution in [1.29, 1.82) is 0 Å². The van der Waals surface area contributed by atoms with Gasteiger partial charge in [-0.05, 0) is 44.4 Å². The van der Waals surface area contributed by atoms with Gasteiger partial charge in [-0.15, -0.1) is 16.8 Å². The molecule has 0 saturated heterocycles. The summed E-state index contributed by atoms with van der Waals surface area (Å²) in [6.07, 6.45) is 1.81. The van der Waals surface area contributed by atoms with E-state index in [2.05, 4.69) is 54.1 Å². The zero-order chi connectivity index (χ0) is 21.0. The zero-order valence-corrected chi connectivity index (χ0v) is 18.1. The van der Waals surface area contributed by atoms with Crippen molar-refractivity contribution in [2.24, 2.45) is 0 Å². The lowest BCUT2D eigenvalue weighted by molar-refractivity contribution is -0.113. The lowest BCUT2D eigenvalue weighted by Crippen LogP contribution is -2.16. The second kappa shape index (κ2) is 9.09. The van der Waals surface area contributed by atoms with Gasteiger partial charge in [0.1, 0.15) is 0 Å². The van der Waals surface area contributed by atoms with Gasteiger partial charge in [0.2, 0.25) is 5.91 Å². The van der Waals surface area contributed by atoms with E-state index in [1.807, 2.05) is 42.7 Å². The molecule has 0 spiro atoms. The van der Waals surface area contributed by atoms with Gasteiger partial charge in [0.25, 0.3) is 0 Å². The van der Waals surface area contributed by atoms with Crippen LogP contribution in [0.15, 0.2) is 54.2 Å². The molecule has 0 atom stereocenters. The Balaban J connectivity index is 1.76. The van der Waals surface area contributed by atoms with Gasteiger partial charge in [-0.1, -0.05) is 59.8 Å². The van der Waals surface area contributed by atoms with Crippen LogP contribution in [0.25, 0.3) is 11.4 Å². The SMILES string of the molecule is C=CCn1c(SCC(=O)Nc2c(C)cc(C)cc2C)nnc1-c1ccccc1C. The highest BCUT2D eigenvalue weighted by atomic mass is 32.2. The molecular formula is C23H26N4OS. The first-order valence-corrected chi connectivity index (χ1v) is 10.5. The molecule has 5 nitrogen and oxygen atoms in total. The van der Waals surface area contributed by atoms with E-state index in [1.54, 1.807) is 0 Å². The predicted molar refractivity (Wildman–Crippen MR) is 120 cm³/mol. The Morgan fingerprint density at radius 1 is 1.10 bits per heavy atom. The number of allylic oxidation sites excluding steroid dienone is 1. The molecule has 0 saturated carbocycles.